The van der Waals surface area contributed by atoms with Gasteiger partial charge in [-0.2, -0.15) is 0 Å². The second-order valence-electron chi connectivity index (χ2n) is 3.68. The molecular weight excluding hydrogens is 250 g/mol. The molecule has 0 saturated heterocycles. The van der Waals surface area contributed by atoms with Gasteiger partial charge in [0.1, 0.15) is 0 Å². The fourth-order valence-corrected chi connectivity index (χ4v) is 2.62. The van der Waals surface area contributed by atoms with Gasteiger partial charge in [-0.05, 0) is 6.92 Å². The highest BCUT2D eigenvalue weighted by atomic mass is 32.1. The number of hydrogen-bond acceptors (Lipinski definition) is 3. The summed E-state index contributed by atoms with van der Waals surface area (Å²) in [6.45, 7) is 1.62. The third-order valence-electron chi connectivity index (χ3n) is 2.53. The summed E-state index contributed by atoms with van der Waals surface area (Å²) in [5, 5.41) is 10.4. The molecule has 17 heavy (non-hydrogen) atoms. The molecular formula is C10H10F2N2O2S. The second kappa shape index (κ2) is 4.40. The van der Waals surface area contributed by atoms with Gasteiger partial charge in [0.15, 0.2) is 4.96 Å². The molecule has 0 aliphatic rings. The van der Waals surface area contributed by atoms with Crippen molar-refractivity contribution in [1.29, 1.82) is 0 Å². The average Bonchev–Trinajstić information content (AvgIpc) is 2.74. The molecule has 0 amide bonds. The molecule has 0 saturated carbocycles. The lowest BCUT2D eigenvalue weighted by Crippen LogP contribution is -2.16. The van der Waals surface area contributed by atoms with Crippen LogP contribution in [-0.4, -0.2) is 26.9 Å². The molecule has 0 aliphatic carbocycles. The Labute approximate surface area is 99.5 Å². The molecule has 0 aromatic carbocycles. The maximum atomic E-state index is 12.9. The van der Waals surface area contributed by atoms with Crippen molar-refractivity contribution in [3.8, 4) is 0 Å². The van der Waals surface area contributed by atoms with E-state index in [4.69, 9.17) is 5.11 Å². The Morgan fingerprint density at radius 3 is 2.94 bits per heavy atom. The lowest BCUT2D eigenvalue weighted by molar-refractivity contribution is -0.138. The van der Waals surface area contributed by atoms with E-state index >= 15 is 0 Å². The van der Waals surface area contributed by atoms with E-state index in [1.165, 1.54) is 11.3 Å². The van der Waals surface area contributed by atoms with Crippen LogP contribution in [0.5, 0.6) is 0 Å². The molecule has 0 aliphatic heterocycles. The molecule has 92 valence electrons. The predicted molar refractivity (Wildman–Crippen MR) is 58.8 cm³/mol. The third kappa shape index (κ3) is 2.14. The number of rotatable bonds is 4. The number of halogens is 2. The van der Waals surface area contributed by atoms with Crippen molar-refractivity contribution in [1.82, 2.24) is 9.38 Å². The summed E-state index contributed by atoms with van der Waals surface area (Å²) in [4.78, 5) is 15.4. The zero-order valence-corrected chi connectivity index (χ0v) is 9.75. The highest BCUT2D eigenvalue weighted by Crippen LogP contribution is 2.31. The van der Waals surface area contributed by atoms with Gasteiger partial charge in [0.2, 0.25) is 6.43 Å². The number of imidazole rings is 1. The molecule has 2 heterocycles. The number of aliphatic carboxylic acids is 1. The number of fused-ring (bicyclic) bond motifs is 1. The number of nitrogens with zero attached hydrogens (tertiary/aromatic N) is 2. The van der Waals surface area contributed by atoms with Crippen LogP contribution in [0.3, 0.4) is 0 Å². The standard InChI is InChI=1S/C10H10F2N2O2S/c1-5-8(6(9(11)12)4-7(15)16)14-2-3-17-10(14)13-5/h2-3,6,9H,4H2,1H3,(H,15,16). The first kappa shape index (κ1) is 12.0. The summed E-state index contributed by atoms with van der Waals surface area (Å²) in [7, 11) is 0. The van der Waals surface area contributed by atoms with Gasteiger partial charge >= 0.3 is 5.97 Å². The number of carbonyl (C=O) groups is 1. The molecule has 1 unspecified atom stereocenters. The number of thiazole rings is 1. The van der Waals surface area contributed by atoms with Gasteiger partial charge in [0, 0.05) is 11.6 Å². The third-order valence-corrected chi connectivity index (χ3v) is 3.29. The maximum Gasteiger partial charge on any atom is 0.304 e. The number of aromatic nitrogens is 2. The first-order valence-corrected chi connectivity index (χ1v) is 5.80. The number of hydrogen-bond donors (Lipinski definition) is 1. The van der Waals surface area contributed by atoms with Crippen LogP contribution >= 0.6 is 11.3 Å². The Morgan fingerprint density at radius 2 is 2.35 bits per heavy atom. The SMILES string of the molecule is Cc1nc2sccn2c1C(CC(=O)O)C(F)F. The molecule has 0 radical (unpaired) electrons. The van der Waals surface area contributed by atoms with Crippen molar-refractivity contribution in [2.75, 3.05) is 0 Å². The van der Waals surface area contributed by atoms with Crippen LogP contribution in [0.15, 0.2) is 11.6 Å². The van der Waals surface area contributed by atoms with Gasteiger partial charge < -0.3 is 5.11 Å². The predicted octanol–water partition coefficient (Wildman–Crippen LogP) is 2.53. The highest BCUT2D eigenvalue weighted by Gasteiger charge is 2.30. The Balaban J connectivity index is 2.50. The quantitative estimate of drug-likeness (QED) is 0.919. The molecule has 0 bridgehead atoms. The molecule has 2 aromatic heterocycles. The Bertz CT molecular complexity index is 549. The van der Waals surface area contributed by atoms with Gasteiger partial charge in [-0.1, -0.05) is 0 Å². The van der Waals surface area contributed by atoms with E-state index in [2.05, 4.69) is 4.98 Å². The van der Waals surface area contributed by atoms with Crippen LogP contribution in [0.4, 0.5) is 8.78 Å². The lowest BCUT2D eigenvalue weighted by atomic mass is 10.0. The molecule has 0 fully saturated rings. The van der Waals surface area contributed by atoms with E-state index in [0.29, 0.717) is 16.3 Å². The van der Waals surface area contributed by atoms with Crippen molar-refractivity contribution >= 4 is 22.3 Å². The number of carboxylic acid groups (broad SMARTS) is 1. The fraction of sp³-hybridized carbons (Fsp3) is 0.400. The smallest absolute Gasteiger partial charge is 0.304 e. The second-order valence-corrected chi connectivity index (χ2v) is 4.55. The minimum absolute atomic E-state index is 0.290. The summed E-state index contributed by atoms with van der Waals surface area (Å²) in [6, 6.07) is 0. The molecule has 1 atom stereocenters. The highest BCUT2D eigenvalue weighted by molar-refractivity contribution is 7.15. The molecule has 1 N–H and O–H groups in total. The van der Waals surface area contributed by atoms with E-state index in [1.807, 2.05) is 0 Å². The fourth-order valence-electron chi connectivity index (χ4n) is 1.85. The van der Waals surface area contributed by atoms with E-state index in [9.17, 15) is 13.6 Å². The van der Waals surface area contributed by atoms with Gasteiger partial charge in [0.05, 0.1) is 23.7 Å². The van der Waals surface area contributed by atoms with Crippen LogP contribution in [-0.2, 0) is 4.79 Å². The van der Waals surface area contributed by atoms with Crippen LogP contribution in [0, 0.1) is 6.92 Å². The first-order chi connectivity index (χ1) is 8.00. The zero-order valence-electron chi connectivity index (χ0n) is 8.93. The monoisotopic (exact) mass is 260 g/mol. The minimum Gasteiger partial charge on any atom is -0.481 e. The van der Waals surface area contributed by atoms with Crippen molar-refractivity contribution in [3.63, 3.8) is 0 Å². The number of alkyl halides is 2. The first-order valence-electron chi connectivity index (χ1n) is 4.92. The van der Waals surface area contributed by atoms with Gasteiger partial charge in [0.25, 0.3) is 0 Å². The van der Waals surface area contributed by atoms with E-state index in [-0.39, 0.29) is 0 Å². The number of aryl methyl sites for hydroxylation is 1. The Kier molecular flexibility index (Phi) is 3.10. The van der Waals surface area contributed by atoms with Crippen molar-refractivity contribution < 1.29 is 18.7 Å². The van der Waals surface area contributed by atoms with Gasteiger partial charge in [-0.15, -0.1) is 11.3 Å². The lowest BCUT2D eigenvalue weighted by Gasteiger charge is -2.13. The normalized spacial score (nSPS) is 13.4. The molecule has 4 nitrogen and oxygen atoms in total. The van der Waals surface area contributed by atoms with E-state index in [0.717, 1.165) is 0 Å². The zero-order chi connectivity index (χ0) is 12.6. The Hall–Kier alpha value is -1.50. The summed E-state index contributed by atoms with van der Waals surface area (Å²) < 4.78 is 27.4. The topological polar surface area (TPSA) is 54.6 Å². The van der Waals surface area contributed by atoms with Crippen LogP contribution < -0.4 is 0 Å². The summed E-state index contributed by atoms with van der Waals surface area (Å²) in [5.74, 6) is -2.56. The van der Waals surface area contributed by atoms with Crippen molar-refractivity contribution in [2.45, 2.75) is 25.7 Å². The van der Waals surface area contributed by atoms with Crippen molar-refractivity contribution in [3.05, 3.63) is 23.0 Å². The van der Waals surface area contributed by atoms with E-state index in [1.54, 1.807) is 22.9 Å². The maximum absolute atomic E-state index is 12.9. The van der Waals surface area contributed by atoms with Gasteiger partial charge in [-0.25, -0.2) is 13.8 Å². The Morgan fingerprint density at radius 1 is 1.65 bits per heavy atom. The average molecular weight is 260 g/mol. The van der Waals surface area contributed by atoms with Crippen LogP contribution in [0.25, 0.3) is 4.96 Å². The molecule has 0 spiro atoms. The van der Waals surface area contributed by atoms with Crippen LogP contribution in [0.1, 0.15) is 23.7 Å². The van der Waals surface area contributed by atoms with Crippen LogP contribution in [0.2, 0.25) is 0 Å². The largest absolute Gasteiger partial charge is 0.481 e. The van der Waals surface area contributed by atoms with Crippen molar-refractivity contribution in [2.24, 2.45) is 0 Å². The minimum atomic E-state index is -2.72. The molecule has 2 rings (SSSR count). The van der Waals surface area contributed by atoms with E-state index < -0.39 is 24.7 Å². The number of carboxylic acids is 1. The summed E-state index contributed by atoms with van der Waals surface area (Å²) >= 11 is 1.33. The summed E-state index contributed by atoms with van der Waals surface area (Å²) in [5.41, 5.74) is 0.752. The van der Waals surface area contributed by atoms with Gasteiger partial charge in [-0.3, -0.25) is 9.20 Å². The molecule has 2 aromatic rings. The molecule has 7 heteroatoms. The summed E-state index contributed by atoms with van der Waals surface area (Å²) in [6.07, 6.45) is -1.68.